The van der Waals surface area contributed by atoms with Crippen molar-refractivity contribution in [1.29, 1.82) is 0 Å². The molecule has 168 valence electrons. The van der Waals surface area contributed by atoms with E-state index in [4.69, 9.17) is 0 Å². The summed E-state index contributed by atoms with van der Waals surface area (Å²) in [6, 6.07) is 13.3. The molecule has 9 heteroatoms. The SMILES string of the molecule is Cc1ccc(C(=O)Nc2cccc(CNC(=O)c3cnn(C(C)C)c3C(F)(F)F)c2)cc1. The molecule has 3 rings (SSSR count). The van der Waals surface area contributed by atoms with E-state index >= 15 is 0 Å². The highest BCUT2D eigenvalue weighted by atomic mass is 19.4. The molecule has 0 atom stereocenters. The number of aromatic nitrogens is 2. The first-order valence-corrected chi connectivity index (χ1v) is 9.96. The monoisotopic (exact) mass is 444 g/mol. The molecule has 0 aliphatic rings. The minimum Gasteiger partial charge on any atom is -0.348 e. The Balaban J connectivity index is 1.70. The highest BCUT2D eigenvalue weighted by Gasteiger charge is 2.40. The Labute approximate surface area is 183 Å². The summed E-state index contributed by atoms with van der Waals surface area (Å²) < 4.78 is 41.2. The molecule has 6 nitrogen and oxygen atoms in total. The molecule has 0 aliphatic heterocycles. The molecule has 0 bridgehead atoms. The number of nitrogens with one attached hydrogen (secondary N) is 2. The molecule has 0 saturated heterocycles. The van der Waals surface area contributed by atoms with Gasteiger partial charge in [0.05, 0.1) is 11.8 Å². The molecule has 1 heterocycles. The summed E-state index contributed by atoms with van der Waals surface area (Å²) in [5, 5.41) is 8.99. The molecular weight excluding hydrogens is 421 g/mol. The molecular formula is C23H23F3N4O2. The van der Waals surface area contributed by atoms with Crippen molar-refractivity contribution in [2.45, 2.75) is 39.5 Å². The van der Waals surface area contributed by atoms with E-state index in [9.17, 15) is 22.8 Å². The average Bonchev–Trinajstić information content (AvgIpc) is 3.19. The van der Waals surface area contributed by atoms with E-state index < -0.39 is 29.4 Å². The second-order valence-electron chi connectivity index (χ2n) is 7.65. The molecule has 0 radical (unpaired) electrons. The van der Waals surface area contributed by atoms with Crippen LogP contribution in [0.2, 0.25) is 0 Å². The van der Waals surface area contributed by atoms with Crippen LogP contribution in [0.15, 0.2) is 54.7 Å². The third kappa shape index (κ3) is 5.35. The molecule has 2 amide bonds. The average molecular weight is 444 g/mol. The first-order chi connectivity index (χ1) is 15.1. The van der Waals surface area contributed by atoms with Crippen molar-refractivity contribution in [2.75, 3.05) is 5.32 Å². The van der Waals surface area contributed by atoms with Crippen LogP contribution in [0.1, 0.15) is 57.4 Å². The zero-order chi connectivity index (χ0) is 23.5. The first kappa shape index (κ1) is 23.1. The van der Waals surface area contributed by atoms with Gasteiger partial charge in [-0.15, -0.1) is 0 Å². The minimum absolute atomic E-state index is 0.0166. The van der Waals surface area contributed by atoms with Crippen LogP contribution < -0.4 is 10.6 Å². The van der Waals surface area contributed by atoms with Crippen LogP contribution in [0.3, 0.4) is 0 Å². The number of aryl methyl sites for hydroxylation is 1. The topological polar surface area (TPSA) is 76.0 Å². The van der Waals surface area contributed by atoms with E-state index in [0.717, 1.165) is 16.4 Å². The summed E-state index contributed by atoms with van der Waals surface area (Å²) >= 11 is 0. The quantitative estimate of drug-likeness (QED) is 0.564. The van der Waals surface area contributed by atoms with Crippen LogP contribution >= 0.6 is 0 Å². The van der Waals surface area contributed by atoms with Gasteiger partial charge in [0.25, 0.3) is 11.8 Å². The van der Waals surface area contributed by atoms with E-state index in [1.165, 1.54) is 0 Å². The van der Waals surface area contributed by atoms with Gasteiger partial charge >= 0.3 is 6.18 Å². The largest absolute Gasteiger partial charge is 0.433 e. The van der Waals surface area contributed by atoms with Gasteiger partial charge in [0.1, 0.15) is 0 Å². The Bertz CT molecular complexity index is 1120. The molecule has 3 aromatic rings. The van der Waals surface area contributed by atoms with Crippen molar-refractivity contribution >= 4 is 17.5 Å². The predicted octanol–water partition coefficient (Wildman–Crippen LogP) is 4.97. The Morgan fingerprint density at radius 1 is 1.06 bits per heavy atom. The third-order valence-electron chi connectivity index (χ3n) is 4.75. The minimum atomic E-state index is -4.71. The smallest absolute Gasteiger partial charge is 0.348 e. The fourth-order valence-electron chi connectivity index (χ4n) is 3.15. The number of halogens is 3. The van der Waals surface area contributed by atoms with Gasteiger partial charge in [-0.1, -0.05) is 29.8 Å². The normalized spacial score (nSPS) is 11.5. The summed E-state index contributed by atoms with van der Waals surface area (Å²) in [5.74, 6) is -1.17. The van der Waals surface area contributed by atoms with Gasteiger partial charge in [0, 0.05) is 23.8 Å². The zero-order valence-electron chi connectivity index (χ0n) is 17.8. The lowest BCUT2D eigenvalue weighted by Crippen LogP contribution is -2.27. The lowest BCUT2D eigenvalue weighted by Gasteiger charge is -2.15. The molecule has 32 heavy (non-hydrogen) atoms. The number of amides is 2. The van der Waals surface area contributed by atoms with E-state index in [0.29, 0.717) is 16.8 Å². The molecule has 0 unspecified atom stereocenters. The molecule has 0 spiro atoms. The molecule has 1 aromatic heterocycles. The summed E-state index contributed by atoms with van der Waals surface area (Å²) in [6.07, 6.45) is -3.79. The van der Waals surface area contributed by atoms with Gasteiger partial charge in [0.2, 0.25) is 0 Å². The van der Waals surface area contributed by atoms with Crippen LogP contribution in [0.5, 0.6) is 0 Å². The first-order valence-electron chi connectivity index (χ1n) is 9.96. The Hall–Kier alpha value is -3.62. The van der Waals surface area contributed by atoms with Gasteiger partial charge in [-0.25, -0.2) is 0 Å². The maximum atomic E-state index is 13.5. The second-order valence-corrected chi connectivity index (χ2v) is 7.65. The van der Waals surface area contributed by atoms with Gasteiger partial charge < -0.3 is 10.6 Å². The number of benzene rings is 2. The van der Waals surface area contributed by atoms with Crippen molar-refractivity contribution < 1.29 is 22.8 Å². The number of carbonyl (C=O) groups is 2. The standard InChI is InChI=1S/C23H23F3N4O2/c1-14(2)30-20(23(24,25)26)19(13-28-30)22(32)27-12-16-5-4-6-18(11-16)29-21(31)17-9-7-15(3)8-10-17/h4-11,13-14H,12H2,1-3H3,(H,27,32)(H,29,31). The number of carbonyl (C=O) groups excluding carboxylic acids is 2. The lowest BCUT2D eigenvalue weighted by atomic mass is 10.1. The number of alkyl halides is 3. The van der Waals surface area contributed by atoms with Crippen molar-refractivity contribution in [3.8, 4) is 0 Å². The van der Waals surface area contributed by atoms with Crippen LogP contribution in [-0.2, 0) is 12.7 Å². The lowest BCUT2D eigenvalue weighted by molar-refractivity contribution is -0.145. The van der Waals surface area contributed by atoms with Crippen LogP contribution in [0.25, 0.3) is 0 Å². The summed E-state index contributed by atoms with van der Waals surface area (Å²) in [5.41, 5.74) is 1.04. The number of rotatable bonds is 6. The molecule has 2 aromatic carbocycles. The Morgan fingerprint density at radius 3 is 2.38 bits per heavy atom. The van der Waals surface area contributed by atoms with Crippen molar-refractivity contribution in [2.24, 2.45) is 0 Å². The maximum absolute atomic E-state index is 13.5. The number of anilines is 1. The van der Waals surface area contributed by atoms with Crippen molar-refractivity contribution in [1.82, 2.24) is 15.1 Å². The number of nitrogens with zero attached hydrogens (tertiary/aromatic N) is 2. The molecule has 0 aliphatic carbocycles. The summed E-state index contributed by atoms with van der Waals surface area (Å²) in [6.45, 7) is 5.02. The van der Waals surface area contributed by atoms with E-state index in [1.54, 1.807) is 50.2 Å². The molecule has 0 fully saturated rings. The van der Waals surface area contributed by atoms with E-state index in [-0.39, 0.29) is 12.5 Å². The third-order valence-corrected chi connectivity index (χ3v) is 4.75. The molecule has 2 N–H and O–H groups in total. The summed E-state index contributed by atoms with van der Waals surface area (Å²) in [7, 11) is 0. The van der Waals surface area contributed by atoms with Gasteiger partial charge in [0.15, 0.2) is 5.69 Å². The highest BCUT2D eigenvalue weighted by molar-refractivity contribution is 6.04. The highest BCUT2D eigenvalue weighted by Crippen LogP contribution is 2.33. The Morgan fingerprint density at radius 2 is 1.75 bits per heavy atom. The maximum Gasteiger partial charge on any atom is 0.433 e. The van der Waals surface area contributed by atoms with Crippen molar-refractivity contribution in [3.05, 3.63) is 82.7 Å². The second kappa shape index (κ2) is 9.25. The van der Waals surface area contributed by atoms with Gasteiger partial charge in [-0.05, 0) is 50.6 Å². The number of hydrogen-bond donors (Lipinski definition) is 2. The predicted molar refractivity (Wildman–Crippen MR) is 114 cm³/mol. The fraction of sp³-hybridized carbons (Fsp3) is 0.261. The molecule has 0 saturated carbocycles. The van der Waals surface area contributed by atoms with E-state index in [1.807, 2.05) is 19.1 Å². The Kier molecular flexibility index (Phi) is 6.67. The van der Waals surface area contributed by atoms with Gasteiger partial charge in [-0.3, -0.25) is 14.3 Å². The fourth-order valence-corrected chi connectivity index (χ4v) is 3.15. The van der Waals surface area contributed by atoms with Crippen LogP contribution in [0, 0.1) is 6.92 Å². The number of hydrogen-bond acceptors (Lipinski definition) is 3. The van der Waals surface area contributed by atoms with Crippen molar-refractivity contribution in [3.63, 3.8) is 0 Å². The zero-order valence-corrected chi connectivity index (χ0v) is 17.8. The van der Waals surface area contributed by atoms with Crippen LogP contribution in [-0.4, -0.2) is 21.6 Å². The van der Waals surface area contributed by atoms with Crippen LogP contribution in [0.4, 0.5) is 18.9 Å². The van der Waals surface area contributed by atoms with E-state index in [2.05, 4.69) is 15.7 Å². The summed E-state index contributed by atoms with van der Waals surface area (Å²) in [4.78, 5) is 24.8. The van der Waals surface area contributed by atoms with Gasteiger partial charge in [-0.2, -0.15) is 18.3 Å².